The molecule has 0 saturated heterocycles. The van der Waals surface area contributed by atoms with Gasteiger partial charge in [0.05, 0.1) is 11.4 Å². The summed E-state index contributed by atoms with van der Waals surface area (Å²) in [5, 5.41) is 0. The largest absolute Gasteiger partial charge is 0.348 e. The summed E-state index contributed by atoms with van der Waals surface area (Å²) in [6.45, 7) is 0.976. The number of sulfone groups is 1. The zero-order chi connectivity index (χ0) is 10.2. The van der Waals surface area contributed by atoms with E-state index in [1.165, 1.54) is 6.26 Å². The third kappa shape index (κ3) is 1.97. The average molecular weight is 214 g/mol. The van der Waals surface area contributed by atoms with E-state index >= 15 is 0 Å². The molecule has 2 aliphatic heterocycles. The predicted molar refractivity (Wildman–Crippen MR) is 56.0 cm³/mol. The summed E-state index contributed by atoms with van der Waals surface area (Å²) in [5.41, 5.74) is 1.16. The molecule has 0 amide bonds. The van der Waals surface area contributed by atoms with Crippen LogP contribution in [0.3, 0.4) is 0 Å². The van der Waals surface area contributed by atoms with Crippen LogP contribution in [0.1, 0.15) is 12.8 Å². The average Bonchev–Trinajstić information content (AvgIpc) is 2.59. The second kappa shape index (κ2) is 3.38. The molecule has 0 aliphatic carbocycles. The maximum absolute atomic E-state index is 11.0. The second-order valence-electron chi connectivity index (χ2n) is 3.79. The first-order chi connectivity index (χ1) is 6.56. The molecule has 0 aromatic rings. The van der Waals surface area contributed by atoms with Crippen LogP contribution in [-0.2, 0) is 9.84 Å². The SMILES string of the molecule is CS(=O)(=O)CCC1N=CC2=CCCN21. The summed E-state index contributed by atoms with van der Waals surface area (Å²) in [6, 6.07) is 0. The van der Waals surface area contributed by atoms with Gasteiger partial charge in [0.25, 0.3) is 0 Å². The van der Waals surface area contributed by atoms with E-state index < -0.39 is 9.84 Å². The van der Waals surface area contributed by atoms with E-state index in [0.717, 1.165) is 18.7 Å². The Labute approximate surface area is 84.2 Å². The van der Waals surface area contributed by atoms with E-state index in [4.69, 9.17) is 0 Å². The molecule has 0 bridgehead atoms. The summed E-state index contributed by atoms with van der Waals surface area (Å²) in [5.74, 6) is 0.221. The Morgan fingerprint density at radius 3 is 3.14 bits per heavy atom. The smallest absolute Gasteiger partial charge is 0.147 e. The highest BCUT2D eigenvalue weighted by Crippen LogP contribution is 2.24. The molecule has 1 unspecified atom stereocenters. The fourth-order valence-electron chi connectivity index (χ4n) is 1.84. The standard InChI is InChI=1S/C9H14N2O2S/c1-14(12,13)6-4-9-10-7-8-3-2-5-11(8)9/h3,7,9H,2,4-6H2,1H3. The third-order valence-electron chi connectivity index (χ3n) is 2.54. The van der Waals surface area contributed by atoms with Crippen LogP contribution in [0.15, 0.2) is 16.8 Å². The molecule has 2 heterocycles. The molecule has 0 saturated carbocycles. The van der Waals surface area contributed by atoms with Crippen molar-refractivity contribution in [2.75, 3.05) is 18.6 Å². The van der Waals surface area contributed by atoms with Gasteiger partial charge in [0.2, 0.25) is 0 Å². The van der Waals surface area contributed by atoms with Gasteiger partial charge in [-0.2, -0.15) is 0 Å². The number of nitrogens with zero attached hydrogens (tertiary/aromatic N) is 2. The maximum Gasteiger partial charge on any atom is 0.147 e. The Balaban J connectivity index is 1.95. The van der Waals surface area contributed by atoms with Gasteiger partial charge in [0, 0.05) is 25.4 Å². The summed E-state index contributed by atoms with van der Waals surface area (Å²) >= 11 is 0. The van der Waals surface area contributed by atoms with Crippen molar-refractivity contribution in [1.29, 1.82) is 0 Å². The molecular weight excluding hydrogens is 200 g/mol. The Kier molecular flexibility index (Phi) is 2.34. The molecule has 0 aromatic carbocycles. The van der Waals surface area contributed by atoms with Gasteiger partial charge in [-0.25, -0.2) is 8.42 Å². The number of fused-ring (bicyclic) bond motifs is 1. The third-order valence-corrected chi connectivity index (χ3v) is 3.52. The van der Waals surface area contributed by atoms with Crippen LogP contribution in [0.5, 0.6) is 0 Å². The van der Waals surface area contributed by atoms with E-state index in [0.29, 0.717) is 6.42 Å². The van der Waals surface area contributed by atoms with Gasteiger partial charge in [-0.05, 0) is 6.42 Å². The minimum atomic E-state index is -2.86. The minimum Gasteiger partial charge on any atom is -0.348 e. The molecule has 0 spiro atoms. The van der Waals surface area contributed by atoms with Crippen LogP contribution in [0.25, 0.3) is 0 Å². The number of hydrogen-bond acceptors (Lipinski definition) is 4. The van der Waals surface area contributed by atoms with Crippen LogP contribution < -0.4 is 0 Å². The molecule has 0 N–H and O–H groups in total. The monoisotopic (exact) mass is 214 g/mol. The first-order valence-corrected chi connectivity index (χ1v) is 6.80. The Bertz CT molecular complexity index is 384. The summed E-state index contributed by atoms with van der Waals surface area (Å²) in [7, 11) is -2.86. The Morgan fingerprint density at radius 1 is 1.64 bits per heavy atom. The first-order valence-electron chi connectivity index (χ1n) is 4.74. The van der Waals surface area contributed by atoms with Gasteiger partial charge in [-0.1, -0.05) is 6.08 Å². The molecule has 0 aromatic heterocycles. The van der Waals surface area contributed by atoms with E-state index in [1.807, 2.05) is 6.21 Å². The van der Waals surface area contributed by atoms with Crippen molar-refractivity contribution >= 4 is 16.1 Å². The van der Waals surface area contributed by atoms with E-state index in [9.17, 15) is 8.42 Å². The first kappa shape index (κ1) is 9.71. The highest BCUT2D eigenvalue weighted by molar-refractivity contribution is 7.90. The fourth-order valence-corrected chi connectivity index (χ4v) is 2.48. The zero-order valence-corrected chi connectivity index (χ0v) is 9.00. The van der Waals surface area contributed by atoms with Gasteiger partial charge in [0.15, 0.2) is 0 Å². The molecular formula is C9H14N2O2S. The van der Waals surface area contributed by atoms with Crippen molar-refractivity contribution in [3.8, 4) is 0 Å². The van der Waals surface area contributed by atoms with Crippen LogP contribution in [0.2, 0.25) is 0 Å². The number of hydrogen-bond donors (Lipinski definition) is 0. The molecule has 0 radical (unpaired) electrons. The van der Waals surface area contributed by atoms with Crippen molar-refractivity contribution in [3.63, 3.8) is 0 Å². The quantitative estimate of drug-likeness (QED) is 0.684. The summed E-state index contributed by atoms with van der Waals surface area (Å²) in [4.78, 5) is 6.46. The van der Waals surface area contributed by atoms with Crippen LogP contribution in [0.4, 0.5) is 0 Å². The Hall–Kier alpha value is -0.840. The van der Waals surface area contributed by atoms with Crippen molar-refractivity contribution in [3.05, 3.63) is 11.8 Å². The van der Waals surface area contributed by atoms with Crippen LogP contribution in [0, 0.1) is 0 Å². The molecule has 14 heavy (non-hydrogen) atoms. The highest BCUT2D eigenvalue weighted by Gasteiger charge is 2.27. The topological polar surface area (TPSA) is 49.7 Å². The summed E-state index contributed by atoms with van der Waals surface area (Å²) in [6.07, 6.45) is 6.97. The molecule has 0 fully saturated rings. The van der Waals surface area contributed by atoms with Crippen molar-refractivity contribution < 1.29 is 8.42 Å². The Morgan fingerprint density at radius 2 is 2.43 bits per heavy atom. The lowest BCUT2D eigenvalue weighted by Gasteiger charge is -2.21. The van der Waals surface area contributed by atoms with Gasteiger partial charge in [-0.15, -0.1) is 0 Å². The van der Waals surface area contributed by atoms with E-state index in [1.54, 1.807) is 0 Å². The molecule has 2 rings (SSSR count). The van der Waals surface area contributed by atoms with Crippen LogP contribution in [-0.4, -0.2) is 44.3 Å². The lowest BCUT2D eigenvalue weighted by Crippen LogP contribution is -2.28. The maximum atomic E-state index is 11.0. The normalized spacial score (nSPS) is 25.4. The van der Waals surface area contributed by atoms with Gasteiger partial charge in [0.1, 0.15) is 16.0 Å². The highest BCUT2D eigenvalue weighted by atomic mass is 32.2. The van der Waals surface area contributed by atoms with Gasteiger partial charge in [-0.3, -0.25) is 4.99 Å². The minimum absolute atomic E-state index is 0.0541. The molecule has 78 valence electrons. The number of rotatable bonds is 3. The van der Waals surface area contributed by atoms with Crippen molar-refractivity contribution in [2.45, 2.75) is 19.0 Å². The lowest BCUT2D eigenvalue weighted by atomic mass is 10.3. The molecule has 1 atom stereocenters. The van der Waals surface area contributed by atoms with Crippen LogP contribution >= 0.6 is 0 Å². The predicted octanol–water partition coefficient (Wildman–Crippen LogP) is 0.421. The number of allylic oxidation sites excluding steroid dienone is 1. The summed E-state index contributed by atoms with van der Waals surface area (Å²) < 4.78 is 22.0. The molecule has 4 nitrogen and oxygen atoms in total. The zero-order valence-electron chi connectivity index (χ0n) is 8.18. The van der Waals surface area contributed by atoms with Gasteiger partial charge >= 0.3 is 0 Å². The van der Waals surface area contributed by atoms with E-state index in [-0.39, 0.29) is 11.9 Å². The lowest BCUT2D eigenvalue weighted by molar-refractivity contribution is 0.304. The molecule has 2 aliphatic rings. The number of aliphatic imine (C=N–C) groups is 1. The van der Waals surface area contributed by atoms with Crippen molar-refractivity contribution in [1.82, 2.24) is 4.90 Å². The van der Waals surface area contributed by atoms with E-state index in [2.05, 4.69) is 16.0 Å². The molecule has 5 heteroatoms. The van der Waals surface area contributed by atoms with Gasteiger partial charge < -0.3 is 4.90 Å². The second-order valence-corrected chi connectivity index (χ2v) is 6.05. The fraction of sp³-hybridized carbons (Fsp3) is 0.667. The van der Waals surface area contributed by atoms with Crippen molar-refractivity contribution in [2.24, 2.45) is 4.99 Å².